The van der Waals surface area contributed by atoms with Gasteiger partial charge in [-0.05, 0) is 73.9 Å². The van der Waals surface area contributed by atoms with Crippen LogP contribution in [-0.2, 0) is 21.4 Å². The van der Waals surface area contributed by atoms with Crippen LogP contribution in [0.5, 0.6) is 17.2 Å². The zero-order chi connectivity index (χ0) is 29.0. The number of aliphatic hydroxyl groups is 1. The Labute approximate surface area is 234 Å². The van der Waals surface area contributed by atoms with E-state index >= 15 is 0 Å². The highest BCUT2D eigenvalue weighted by atomic mass is 16.5. The van der Waals surface area contributed by atoms with E-state index in [0.717, 1.165) is 24.0 Å². The van der Waals surface area contributed by atoms with Gasteiger partial charge in [-0.3, -0.25) is 4.79 Å². The maximum absolute atomic E-state index is 13.0. The summed E-state index contributed by atoms with van der Waals surface area (Å²) in [4.78, 5) is 13.0. The number of carbonyl (C=O) groups is 1. The Bertz CT molecular complexity index is 1030. The molecule has 0 saturated heterocycles. The zero-order valence-corrected chi connectivity index (χ0v) is 24.7. The summed E-state index contributed by atoms with van der Waals surface area (Å²) in [6.45, 7) is 9.28. The van der Waals surface area contributed by atoms with Gasteiger partial charge in [0.05, 0.1) is 32.3 Å². The Morgan fingerprint density at radius 1 is 1.03 bits per heavy atom. The van der Waals surface area contributed by atoms with E-state index in [9.17, 15) is 9.90 Å². The van der Waals surface area contributed by atoms with E-state index in [4.69, 9.17) is 24.7 Å². The molecule has 0 bridgehead atoms. The van der Waals surface area contributed by atoms with Crippen LogP contribution in [0.4, 0.5) is 0 Å². The fourth-order valence-electron chi connectivity index (χ4n) is 4.46. The lowest BCUT2D eigenvalue weighted by atomic mass is 9.82. The first-order chi connectivity index (χ1) is 18.5. The molecule has 8 heteroatoms. The minimum Gasteiger partial charge on any atom is -0.497 e. The molecule has 4 N–H and O–H groups in total. The van der Waals surface area contributed by atoms with Crippen LogP contribution in [0.25, 0.3) is 0 Å². The van der Waals surface area contributed by atoms with Crippen LogP contribution in [0.1, 0.15) is 51.7 Å². The third kappa shape index (κ3) is 9.71. The zero-order valence-electron chi connectivity index (χ0n) is 24.7. The number of aliphatic hydroxyl groups excluding tert-OH is 1. The number of carbonyl (C=O) groups excluding carboxylic acids is 1. The molecule has 0 aromatic heterocycles. The van der Waals surface area contributed by atoms with Gasteiger partial charge < -0.3 is 35.1 Å². The second-order valence-corrected chi connectivity index (χ2v) is 10.9. The lowest BCUT2D eigenvalue weighted by molar-refractivity contribution is -0.126. The maximum Gasteiger partial charge on any atom is 0.230 e. The molecular formula is C31H48N2O6. The van der Waals surface area contributed by atoms with Gasteiger partial charge in [-0.2, -0.15) is 0 Å². The van der Waals surface area contributed by atoms with Gasteiger partial charge in [-0.25, -0.2) is 0 Å². The molecule has 218 valence electrons. The Morgan fingerprint density at radius 2 is 1.77 bits per heavy atom. The highest BCUT2D eigenvalue weighted by Gasteiger charge is 2.31. The van der Waals surface area contributed by atoms with Gasteiger partial charge >= 0.3 is 0 Å². The van der Waals surface area contributed by atoms with Crippen molar-refractivity contribution in [3.8, 4) is 17.2 Å². The number of nitrogens with one attached hydrogen (secondary N) is 1. The van der Waals surface area contributed by atoms with Gasteiger partial charge in [-0.15, -0.1) is 0 Å². The monoisotopic (exact) mass is 544 g/mol. The fraction of sp³-hybridized carbons (Fsp3) is 0.581. The number of nitrogens with two attached hydrogens (primary N) is 1. The number of hydrogen-bond acceptors (Lipinski definition) is 7. The molecule has 0 unspecified atom stereocenters. The molecule has 0 aliphatic rings. The summed E-state index contributed by atoms with van der Waals surface area (Å²) in [6.07, 6.45) is 1.32. The smallest absolute Gasteiger partial charge is 0.230 e. The van der Waals surface area contributed by atoms with Crippen LogP contribution in [-0.4, -0.2) is 64.2 Å². The Morgan fingerprint density at radius 3 is 2.41 bits per heavy atom. The highest BCUT2D eigenvalue weighted by molar-refractivity contribution is 5.87. The van der Waals surface area contributed by atoms with Crippen LogP contribution in [0.3, 0.4) is 0 Å². The lowest BCUT2D eigenvalue weighted by Gasteiger charge is -2.29. The molecule has 3 atom stereocenters. The molecule has 0 radical (unpaired) electrons. The maximum atomic E-state index is 13.0. The number of benzene rings is 2. The first kappa shape index (κ1) is 32.4. The van der Waals surface area contributed by atoms with Gasteiger partial charge in [-0.1, -0.05) is 32.0 Å². The quantitative estimate of drug-likeness (QED) is 0.257. The number of hydrogen-bond donors (Lipinski definition) is 3. The molecule has 0 fully saturated rings. The Hall–Kier alpha value is -2.81. The molecule has 8 nitrogen and oxygen atoms in total. The van der Waals surface area contributed by atoms with E-state index in [-0.39, 0.29) is 18.4 Å². The van der Waals surface area contributed by atoms with Crippen LogP contribution in [0.15, 0.2) is 42.5 Å². The predicted molar refractivity (Wildman–Crippen MR) is 155 cm³/mol. The normalized spacial score (nSPS) is 14.0. The van der Waals surface area contributed by atoms with E-state index in [1.807, 2.05) is 56.3 Å². The van der Waals surface area contributed by atoms with E-state index in [1.54, 1.807) is 21.3 Å². The van der Waals surface area contributed by atoms with E-state index in [2.05, 4.69) is 19.2 Å². The van der Waals surface area contributed by atoms with Gasteiger partial charge in [0.1, 0.15) is 5.75 Å². The average molecular weight is 545 g/mol. The van der Waals surface area contributed by atoms with Crippen molar-refractivity contribution in [1.29, 1.82) is 0 Å². The van der Waals surface area contributed by atoms with Crippen LogP contribution >= 0.6 is 0 Å². The Kier molecular flexibility index (Phi) is 13.0. The van der Waals surface area contributed by atoms with Crippen molar-refractivity contribution >= 4 is 5.91 Å². The van der Waals surface area contributed by atoms with Crippen molar-refractivity contribution in [2.24, 2.45) is 17.6 Å². The van der Waals surface area contributed by atoms with Crippen molar-refractivity contribution < 1.29 is 28.8 Å². The highest BCUT2D eigenvalue weighted by Crippen LogP contribution is 2.31. The first-order valence-electron chi connectivity index (χ1n) is 13.7. The van der Waals surface area contributed by atoms with Gasteiger partial charge in [0.2, 0.25) is 5.91 Å². The van der Waals surface area contributed by atoms with Gasteiger partial charge in [0.25, 0.3) is 0 Å². The molecule has 1 amide bonds. The molecule has 2 rings (SSSR count). The number of methoxy groups -OCH3 is 3. The van der Waals surface area contributed by atoms with Crippen molar-refractivity contribution in [2.75, 3.05) is 41.1 Å². The third-order valence-corrected chi connectivity index (χ3v) is 7.32. The summed E-state index contributed by atoms with van der Waals surface area (Å²) in [5.74, 6) is 2.48. The fourth-order valence-corrected chi connectivity index (χ4v) is 4.46. The van der Waals surface area contributed by atoms with E-state index in [0.29, 0.717) is 42.8 Å². The summed E-state index contributed by atoms with van der Waals surface area (Å²) < 4.78 is 21.8. The molecule has 0 aliphatic carbocycles. The molecule has 0 saturated carbocycles. The number of ether oxygens (including phenoxy) is 4. The largest absolute Gasteiger partial charge is 0.497 e. The Balaban J connectivity index is 1.99. The summed E-state index contributed by atoms with van der Waals surface area (Å²) >= 11 is 0. The second-order valence-electron chi connectivity index (χ2n) is 10.9. The molecule has 2 aromatic carbocycles. The number of amides is 1. The average Bonchev–Trinajstić information content (AvgIpc) is 2.93. The summed E-state index contributed by atoms with van der Waals surface area (Å²) in [6, 6.07) is 12.9. The van der Waals surface area contributed by atoms with E-state index < -0.39 is 17.6 Å². The third-order valence-electron chi connectivity index (χ3n) is 7.32. The molecular weight excluding hydrogens is 496 g/mol. The van der Waals surface area contributed by atoms with Gasteiger partial charge in [0.15, 0.2) is 11.5 Å². The topological polar surface area (TPSA) is 112 Å². The molecule has 0 heterocycles. The van der Waals surface area contributed by atoms with Gasteiger partial charge in [0, 0.05) is 32.7 Å². The minimum atomic E-state index is -0.869. The predicted octanol–water partition coefficient (Wildman–Crippen LogP) is 4.11. The summed E-state index contributed by atoms with van der Waals surface area (Å²) in [5, 5.41) is 13.7. The second kappa shape index (κ2) is 15.7. The minimum absolute atomic E-state index is 0.0835. The first-order valence-corrected chi connectivity index (χ1v) is 13.7. The van der Waals surface area contributed by atoms with Crippen LogP contribution in [0.2, 0.25) is 0 Å². The summed E-state index contributed by atoms with van der Waals surface area (Å²) in [5.41, 5.74) is 7.60. The van der Waals surface area contributed by atoms with Crippen LogP contribution in [0, 0.1) is 11.8 Å². The molecule has 0 aliphatic heterocycles. The SMILES string of the molecule is COCCCOc1cc(C[C@@H](C[C@H](N)[C@@H](O)CNC(=O)C(C)(C)c2cccc(OC)c2)C(C)C)ccc1OC. The molecule has 0 spiro atoms. The van der Waals surface area contributed by atoms with Crippen molar-refractivity contribution in [1.82, 2.24) is 5.32 Å². The molecule has 2 aromatic rings. The number of rotatable bonds is 17. The lowest BCUT2D eigenvalue weighted by Crippen LogP contribution is -2.48. The van der Waals surface area contributed by atoms with Crippen molar-refractivity contribution in [2.45, 2.75) is 64.5 Å². The van der Waals surface area contributed by atoms with Crippen molar-refractivity contribution in [3.63, 3.8) is 0 Å². The van der Waals surface area contributed by atoms with E-state index in [1.165, 1.54) is 0 Å². The summed E-state index contributed by atoms with van der Waals surface area (Å²) in [7, 11) is 4.90. The van der Waals surface area contributed by atoms with Crippen molar-refractivity contribution in [3.05, 3.63) is 53.6 Å². The molecule has 39 heavy (non-hydrogen) atoms. The standard InChI is InChI=1S/C31H48N2O6/c1-21(2)23(16-22-12-13-28(38-7)29(17-22)39-15-9-14-36-5)18-26(32)27(34)20-33-30(35)31(3,4)24-10-8-11-25(19-24)37-6/h8,10-13,17,19,21,23,26-27,34H,9,14-16,18,20,32H2,1-7H3,(H,33,35)/t23-,26-,27-/m0/s1. The van der Waals surface area contributed by atoms with Crippen LogP contribution < -0.4 is 25.3 Å².